The standard InChI is InChI=1S/C19H36N4O2.HI/c1-23(2)18(24)15-21-19(22-16-9-7-8-10-16)20-13-14-25-17-11-5-3-4-6-12-17;/h16-17H,3-15H2,1-2H3,(H2,20,21,22);1H. The highest BCUT2D eigenvalue weighted by Gasteiger charge is 2.17. The number of nitrogens with one attached hydrogen (secondary N) is 2. The van der Waals surface area contributed by atoms with Crippen LogP contribution in [-0.2, 0) is 9.53 Å². The fraction of sp³-hybridized carbons (Fsp3) is 0.895. The zero-order valence-corrected chi connectivity index (χ0v) is 18.8. The molecule has 2 aliphatic carbocycles. The molecule has 0 saturated heterocycles. The van der Waals surface area contributed by atoms with Crippen molar-refractivity contribution in [1.29, 1.82) is 0 Å². The van der Waals surface area contributed by atoms with Crippen LogP contribution in [0.25, 0.3) is 0 Å². The molecular formula is C19H37IN4O2. The Hall–Kier alpha value is -0.570. The summed E-state index contributed by atoms with van der Waals surface area (Å²) >= 11 is 0. The average molecular weight is 480 g/mol. The maximum absolute atomic E-state index is 11.8. The van der Waals surface area contributed by atoms with E-state index in [0.29, 0.717) is 18.8 Å². The summed E-state index contributed by atoms with van der Waals surface area (Å²) in [6.07, 6.45) is 13.0. The molecule has 0 aromatic rings. The summed E-state index contributed by atoms with van der Waals surface area (Å²) in [7, 11) is 3.52. The van der Waals surface area contributed by atoms with Gasteiger partial charge in [0.05, 0.1) is 12.7 Å². The normalized spacial score (nSPS) is 19.5. The highest BCUT2D eigenvalue weighted by atomic mass is 127. The van der Waals surface area contributed by atoms with Gasteiger partial charge in [0.15, 0.2) is 5.96 Å². The smallest absolute Gasteiger partial charge is 0.243 e. The molecule has 0 radical (unpaired) electrons. The van der Waals surface area contributed by atoms with Gasteiger partial charge in [0.25, 0.3) is 0 Å². The molecule has 2 N–H and O–H groups in total. The van der Waals surface area contributed by atoms with Gasteiger partial charge >= 0.3 is 0 Å². The van der Waals surface area contributed by atoms with Crippen LogP contribution in [-0.4, -0.2) is 62.7 Å². The fourth-order valence-electron chi connectivity index (χ4n) is 3.51. The molecule has 152 valence electrons. The van der Waals surface area contributed by atoms with Crippen LogP contribution in [0.15, 0.2) is 4.99 Å². The first-order chi connectivity index (χ1) is 12.1. The number of hydrogen-bond donors (Lipinski definition) is 2. The van der Waals surface area contributed by atoms with Crippen molar-refractivity contribution < 1.29 is 9.53 Å². The zero-order valence-electron chi connectivity index (χ0n) is 16.5. The molecule has 1 amide bonds. The third-order valence-corrected chi connectivity index (χ3v) is 5.12. The van der Waals surface area contributed by atoms with Crippen LogP contribution in [0.2, 0.25) is 0 Å². The van der Waals surface area contributed by atoms with E-state index < -0.39 is 0 Å². The van der Waals surface area contributed by atoms with Crippen molar-refractivity contribution >= 4 is 35.8 Å². The molecule has 0 aliphatic heterocycles. The van der Waals surface area contributed by atoms with E-state index in [1.165, 1.54) is 64.2 Å². The number of guanidine groups is 1. The molecule has 0 aromatic heterocycles. The van der Waals surface area contributed by atoms with Crippen LogP contribution in [0.5, 0.6) is 0 Å². The molecule has 0 atom stereocenters. The van der Waals surface area contributed by atoms with E-state index in [4.69, 9.17) is 4.74 Å². The molecule has 0 spiro atoms. The number of nitrogens with zero attached hydrogens (tertiary/aromatic N) is 2. The Morgan fingerprint density at radius 1 is 1.04 bits per heavy atom. The van der Waals surface area contributed by atoms with Crippen LogP contribution >= 0.6 is 24.0 Å². The van der Waals surface area contributed by atoms with Gasteiger partial charge < -0.3 is 20.3 Å². The van der Waals surface area contributed by atoms with Crippen LogP contribution in [0.1, 0.15) is 64.2 Å². The summed E-state index contributed by atoms with van der Waals surface area (Å²) in [5, 5.41) is 6.81. The molecule has 2 saturated carbocycles. The molecule has 2 rings (SSSR count). The number of carbonyl (C=O) groups excluding carboxylic acids is 1. The number of hydrogen-bond acceptors (Lipinski definition) is 3. The lowest BCUT2D eigenvalue weighted by molar-refractivity contribution is -0.127. The molecule has 26 heavy (non-hydrogen) atoms. The number of aliphatic imine (C=N–C) groups is 1. The average Bonchev–Trinajstić information content (AvgIpc) is 2.97. The SMILES string of the molecule is CN(C)C(=O)CN=C(NCCOC1CCCCCC1)NC1CCCC1.I. The monoisotopic (exact) mass is 480 g/mol. The first kappa shape index (κ1) is 23.5. The van der Waals surface area contributed by atoms with E-state index >= 15 is 0 Å². The maximum Gasteiger partial charge on any atom is 0.243 e. The van der Waals surface area contributed by atoms with Gasteiger partial charge in [-0.2, -0.15) is 0 Å². The Morgan fingerprint density at radius 2 is 1.65 bits per heavy atom. The lowest BCUT2D eigenvalue weighted by Gasteiger charge is -2.19. The van der Waals surface area contributed by atoms with E-state index in [-0.39, 0.29) is 36.4 Å². The molecule has 0 aromatic carbocycles. The van der Waals surface area contributed by atoms with Crippen molar-refractivity contribution in [2.75, 3.05) is 33.8 Å². The van der Waals surface area contributed by atoms with E-state index in [1.54, 1.807) is 19.0 Å². The van der Waals surface area contributed by atoms with Gasteiger partial charge in [-0.15, -0.1) is 24.0 Å². The minimum Gasteiger partial charge on any atom is -0.376 e. The Labute approximate surface area is 175 Å². The molecule has 0 bridgehead atoms. The summed E-state index contributed by atoms with van der Waals surface area (Å²) in [5.74, 6) is 0.758. The number of ether oxygens (including phenoxy) is 1. The zero-order chi connectivity index (χ0) is 17.9. The van der Waals surface area contributed by atoms with E-state index in [9.17, 15) is 4.79 Å². The Morgan fingerprint density at radius 3 is 2.27 bits per heavy atom. The number of halogens is 1. The lowest BCUT2D eigenvalue weighted by Crippen LogP contribution is -2.44. The van der Waals surface area contributed by atoms with Gasteiger partial charge in [0.1, 0.15) is 6.54 Å². The quantitative estimate of drug-likeness (QED) is 0.193. The first-order valence-corrected chi connectivity index (χ1v) is 10.0. The third kappa shape index (κ3) is 9.39. The van der Waals surface area contributed by atoms with Crippen molar-refractivity contribution in [1.82, 2.24) is 15.5 Å². The largest absolute Gasteiger partial charge is 0.376 e. The van der Waals surface area contributed by atoms with Gasteiger partial charge in [-0.3, -0.25) is 4.79 Å². The Bertz CT molecular complexity index is 418. The highest BCUT2D eigenvalue weighted by Crippen LogP contribution is 2.19. The molecular weight excluding hydrogens is 443 g/mol. The summed E-state index contributed by atoms with van der Waals surface area (Å²) < 4.78 is 6.03. The lowest BCUT2D eigenvalue weighted by atomic mass is 10.1. The topological polar surface area (TPSA) is 66.0 Å². The Balaban J connectivity index is 0.00000338. The van der Waals surface area contributed by atoms with Gasteiger partial charge in [0.2, 0.25) is 5.91 Å². The third-order valence-electron chi connectivity index (χ3n) is 5.12. The second-order valence-electron chi connectivity index (χ2n) is 7.49. The molecule has 7 heteroatoms. The highest BCUT2D eigenvalue weighted by molar-refractivity contribution is 14.0. The van der Waals surface area contributed by atoms with Crippen molar-refractivity contribution in [3.63, 3.8) is 0 Å². The molecule has 6 nitrogen and oxygen atoms in total. The van der Waals surface area contributed by atoms with Gasteiger partial charge in [-0.25, -0.2) is 4.99 Å². The van der Waals surface area contributed by atoms with Crippen LogP contribution in [0.3, 0.4) is 0 Å². The summed E-state index contributed by atoms with van der Waals surface area (Å²) in [5.41, 5.74) is 0. The summed E-state index contributed by atoms with van der Waals surface area (Å²) in [4.78, 5) is 17.8. The fourth-order valence-corrected chi connectivity index (χ4v) is 3.51. The minimum absolute atomic E-state index is 0. The van der Waals surface area contributed by atoms with Gasteiger partial charge in [-0.1, -0.05) is 38.5 Å². The second kappa shape index (κ2) is 13.6. The predicted octanol–water partition coefficient (Wildman–Crippen LogP) is 2.91. The number of carbonyl (C=O) groups is 1. The van der Waals surface area contributed by atoms with Crippen molar-refractivity contribution in [2.24, 2.45) is 4.99 Å². The van der Waals surface area contributed by atoms with Crippen molar-refractivity contribution in [3.8, 4) is 0 Å². The van der Waals surface area contributed by atoms with E-state index in [2.05, 4.69) is 15.6 Å². The number of rotatable bonds is 7. The van der Waals surface area contributed by atoms with E-state index in [0.717, 1.165) is 12.5 Å². The van der Waals surface area contributed by atoms with E-state index in [1.807, 2.05) is 0 Å². The predicted molar refractivity (Wildman–Crippen MR) is 117 cm³/mol. The summed E-state index contributed by atoms with van der Waals surface area (Å²) in [6, 6.07) is 0.475. The molecule has 2 aliphatic rings. The maximum atomic E-state index is 11.8. The Kier molecular flexibility index (Phi) is 12.3. The molecule has 0 unspecified atom stereocenters. The first-order valence-electron chi connectivity index (χ1n) is 10.0. The van der Waals surface area contributed by atoms with Crippen LogP contribution in [0.4, 0.5) is 0 Å². The van der Waals surface area contributed by atoms with Crippen LogP contribution in [0, 0.1) is 0 Å². The van der Waals surface area contributed by atoms with Crippen molar-refractivity contribution in [3.05, 3.63) is 0 Å². The second-order valence-corrected chi connectivity index (χ2v) is 7.49. The molecule has 0 heterocycles. The van der Waals surface area contributed by atoms with Gasteiger partial charge in [0, 0.05) is 26.7 Å². The van der Waals surface area contributed by atoms with Crippen molar-refractivity contribution in [2.45, 2.75) is 76.4 Å². The molecule has 2 fully saturated rings. The number of likely N-dealkylation sites (N-methyl/N-ethyl adjacent to an activating group) is 1. The summed E-state index contributed by atoms with van der Waals surface area (Å²) in [6.45, 7) is 1.60. The minimum atomic E-state index is 0. The van der Waals surface area contributed by atoms with Crippen LogP contribution < -0.4 is 10.6 Å². The van der Waals surface area contributed by atoms with Gasteiger partial charge in [-0.05, 0) is 25.7 Å². The number of amides is 1.